The Bertz CT molecular complexity index is 958. The van der Waals surface area contributed by atoms with Crippen LogP contribution in [0.1, 0.15) is 31.9 Å². The van der Waals surface area contributed by atoms with E-state index in [0.29, 0.717) is 12.3 Å². The Morgan fingerprint density at radius 2 is 1.48 bits per heavy atom. The van der Waals surface area contributed by atoms with E-state index in [1.54, 1.807) is 0 Å². The number of benzene rings is 2. The van der Waals surface area contributed by atoms with Crippen molar-refractivity contribution in [3.8, 4) is 0 Å². The predicted octanol–water partition coefficient (Wildman–Crippen LogP) is 3.77. The molecule has 176 valence electrons. The molecule has 0 fully saturated rings. The number of carbonyl (C=O) groups is 3. The normalized spacial score (nSPS) is 11.9. The minimum Gasteiger partial charge on any atom is -0.473 e. The molecule has 0 spiro atoms. The highest BCUT2D eigenvalue weighted by Gasteiger charge is 2.38. The maximum Gasteiger partial charge on any atom is 0.414 e. The fourth-order valence-corrected chi connectivity index (χ4v) is 3.15. The van der Waals surface area contributed by atoms with Gasteiger partial charge in [-0.25, -0.2) is 9.59 Å². The SMILES string of the molecule is CCN(CC)CCOC(=O)C(C)(c1ccccc1)c1ccc(N=C=S)cc1.O=C(O)C(=O)O. The van der Waals surface area contributed by atoms with Crippen LogP contribution in [0.25, 0.3) is 0 Å². The first-order valence-electron chi connectivity index (χ1n) is 10.3. The third kappa shape index (κ3) is 8.23. The standard InChI is InChI=1S/C22H26N2O2S.C2H2O4/c1-4-24(5-2)15-16-26-21(25)22(3,18-9-7-6-8-10-18)19-11-13-20(14-12-19)23-17-27;3-1(4)2(5)6/h6-14H,4-5,15-16H2,1-3H3;(H,3,4)(H,5,6). The van der Waals surface area contributed by atoms with E-state index in [-0.39, 0.29) is 5.97 Å². The van der Waals surface area contributed by atoms with Gasteiger partial charge in [-0.05, 0) is 55.5 Å². The van der Waals surface area contributed by atoms with Crippen LogP contribution >= 0.6 is 12.2 Å². The number of rotatable bonds is 9. The summed E-state index contributed by atoms with van der Waals surface area (Å²) in [6.07, 6.45) is 0. The van der Waals surface area contributed by atoms with Crippen LogP contribution in [0.3, 0.4) is 0 Å². The summed E-state index contributed by atoms with van der Waals surface area (Å²) in [6.45, 7) is 9.08. The van der Waals surface area contributed by atoms with Crippen molar-refractivity contribution in [2.45, 2.75) is 26.2 Å². The Morgan fingerprint density at radius 1 is 0.970 bits per heavy atom. The summed E-state index contributed by atoms with van der Waals surface area (Å²) in [5, 5.41) is 17.1. The van der Waals surface area contributed by atoms with Crippen LogP contribution < -0.4 is 0 Å². The third-order valence-corrected chi connectivity index (χ3v) is 5.19. The average molecular weight is 473 g/mol. The van der Waals surface area contributed by atoms with E-state index in [9.17, 15) is 4.79 Å². The third-order valence-electron chi connectivity index (χ3n) is 5.10. The zero-order chi connectivity index (χ0) is 24.9. The van der Waals surface area contributed by atoms with E-state index in [4.69, 9.17) is 24.5 Å². The summed E-state index contributed by atoms with van der Waals surface area (Å²) in [6, 6.07) is 17.2. The zero-order valence-electron chi connectivity index (χ0n) is 18.9. The zero-order valence-corrected chi connectivity index (χ0v) is 19.7. The van der Waals surface area contributed by atoms with Crippen molar-refractivity contribution in [2.75, 3.05) is 26.2 Å². The van der Waals surface area contributed by atoms with E-state index in [1.807, 2.05) is 61.5 Å². The lowest BCUT2D eigenvalue weighted by atomic mass is 9.76. The number of esters is 1. The fraction of sp³-hybridized carbons (Fsp3) is 0.333. The first kappa shape index (κ1) is 27.6. The molecule has 2 aromatic rings. The Labute approximate surface area is 198 Å². The summed E-state index contributed by atoms with van der Waals surface area (Å²) >= 11 is 4.65. The first-order valence-corrected chi connectivity index (χ1v) is 10.7. The lowest BCUT2D eigenvalue weighted by molar-refractivity contribution is -0.159. The van der Waals surface area contributed by atoms with Gasteiger partial charge in [-0.3, -0.25) is 4.79 Å². The van der Waals surface area contributed by atoms with Gasteiger partial charge >= 0.3 is 17.9 Å². The molecular weight excluding hydrogens is 444 g/mol. The predicted molar refractivity (Wildman–Crippen MR) is 128 cm³/mol. The Hall–Kier alpha value is -3.39. The molecule has 2 N–H and O–H groups in total. The Morgan fingerprint density at radius 3 is 1.94 bits per heavy atom. The van der Waals surface area contributed by atoms with Crippen LogP contribution in [-0.2, 0) is 24.5 Å². The van der Waals surface area contributed by atoms with E-state index in [1.165, 1.54) is 0 Å². The molecule has 33 heavy (non-hydrogen) atoms. The van der Waals surface area contributed by atoms with Crippen LogP contribution in [0.4, 0.5) is 5.69 Å². The van der Waals surface area contributed by atoms with Gasteiger partial charge in [0, 0.05) is 6.54 Å². The molecule has 0 aliphatic rings. The molecule has 0 amide bonds. The van der Waals surface area contributed by atoms with E-state index in [0.717, 1.165) is 30.8 Å². The molecule has 9 heteroatoms. The number of aliphatic imine (C=N–C) groups is 1. The van der Waals surface area contributed by atoms with Crippen molar-refractivity contribution in [1.82, 2.24) is 4.90 Å². The maximum absolute atomic E-state index is 13.1. The maximum atomic E-state index is 13.1. The molecule has 0 radical (unpaired) electrons. The number of hydrogen-bond donors (Lipinski definition) is 2. The van der Waals surface area contributed by atoms with Crippen molar-refractivity contribution in [1.29, 1.82) is 0 Å². The number of thiocarbonyl (C=S) groups is 1. The number of nitrogens with zero attached hydrogens (tertiary/aromatic N) is 2. The molecule has 2 aromatic carbocycles. The van der Waals surface area contributed by atoms with Crippen molar-refractivity contribution < 1.29 is 29.3 Å². The second kappa shape index (κ2) is 13.9. The first-order chi connectivity index (χ1) is 15.7. The largest absolute Gasteiger partial charge is 0.473 e. The van der Waals surface area contributed by atoms with Gasteiger partial charge < -0.3 is 19.8 Å². The van der Waals surface area contributed by atoms with Gasteiger partial charge in [0.1, 0.15) is 12.0 Å². The van der Waals surface area contributed by atoms with Crippen molar-refractivity contribution in [3.05, 3.63) is 65.7 Å². The molecule has 0 aliphatic carbocycles. The molecule has 1 atom stereocenters. The number of carboxylic acids is 2. The molecule has 2 rings (SSSR count). The second-order valence-electron chi connectivity index (χ2n) is 7.01. The van der Waals surface area contributed by atoms with Crippen LogP contribution in [-0.4, -0.2) is 64.4 Å². The molecular formula is C24H28N2O6S. The number of hydrogen-bond acceptors (Lipinski definition) is 7. The average Bonchev–Trinajstić information content (AvgIpc) is 2.82. The van der Waals surface area contributed by atoms with Crippen LogP contribution in [0.5, 0.6) is 0 Å². The summed E-state index contributed by atoms with van der Waals surface area (Å²) in [7, 11) is 0. The van der Waals surface area contributed by atoms with Gasteiger partial charge in [0.25, 0.3) is 0 Å². The lowest BCUT2D eigenvalue weighted by Crippen LogP contribution is -2.37. The number of likely N-dealkylation sites (N-methyl/N-ethyl adjacent to an activating group) is 1. The van der Waals surface area contributed by atoms with Gasteiger partial charge in [-0.15, -0.1) is 0 Å². The van der Waals surface area contributed by atoms with Gasteiger partial charge in [0.15, 0.2) is 0 Å². The van der Waals surface area contributed by atoms with Gasteiger partial charge in [0.2, 0.25) is 0 Å². The molecule has 0 saturated carbocycles. The number of aliphatic carboxylic acids is 2. The number of isothiocyanates is 1. The number of ether oxygens (including phenoxy) is 1. The fourth-order valence-electron chi connectivity index (χ4n) is 3.05. The topological polar surface area (TPSA) is 117 Å². The smallest absolute Gasteiger partial charge is 0.414 e. The van der Waals surface area contributed by atoms with Crippen LogP contribution in [0.15, 0.2) is 59.6 Å². The second-order valence-corrected chi connectivity index (χ2v) is 7.20. The van der Waals surface area contributed by atoms with E-state index in [2.05, 4.69) is 41.1 Å². The minimum atomic E-state index is -1.82. The summed E-state index contributed by atoms with van der Waals surface area (Å²) in [5.74, 6) is -3.91. The molecule has 0 aliphatic heterocycles. The molecule has 0 aromatic heterocycles. The van der Waals surface area contributed by atoms with Crippen molar-refractivity contribution in [2.24, 2.45) is 4.99 Å². The molecule has 8 nitrogen and oxygen atoms in total. The summed E-state index contributed by atoms with van der Waals surface area (Å²) in [4.78, 5) is 37.5. The summed E-state index contributed by atoms with van der Waals surface area (Å²) in [5.41, 5.74) is 1.55. The molecule has 0 saturated heterocycles. The highest BCUT2D eigenvalue weighted by Crippen LogP contribution is 2.34. The van der Waals surface area contributed by atoms with Gasteiger partial charge in [-0.1, -0.05) is 56.3 Å². The number of carbonyl (C=O) groups excluding carboxylic acids is 1. The molecule has 1 unspecified atom stereocenters. The van der Waals surface area contributed by atoms with Gasteiger partial charge in [-0.2, -0.15) is 4.99 Å². The van der Waals surface area contributed by atoms with Crippen LogP contribution in [0.2, 0.25) is 0 Å². The van der Waals surface area contributed by atoms with Crippen molar-refractivity contribution >= 4 is 41.0 Å². The summed E-state index contributed by atoms with van der Waals surface area (Å²) < 4.78 is 5.69. The van der Waals surface area contributed by atoms with E-state index < -0.39 is 17.4 Å². The van der Waals surface area contributed by atoms with Crippen molar-refractivity contribution in [3.63, 3.8) is 0 Å². The molecule has 0 bridgehead atoms. The Kier molecular flexibility index (Phi) is 11.6. The lowest BCUT2D eigenvalue weighted by Gasteiger charge is -2.29. The number of carboxylic acid groups (broad SMARTS) is 2. The van der Waals surface area contributed by atoms with Gasteiger partial charge in [0.05, 0.1) is 10.8 Å². The monoisotopic (exact) mass is 472 g/mol. The molecule has 0 heterocycles. The quantitative estimate of drug-likeness (QED) is 0.245. The highest BCUT2D eigenvalue weighted by molar-refractivity contribution is 7.78. The Balaban J connectivity index is 0.000000801. The van der Waals surface area contributed by atoms with Crippen LogP contribution in [0, 0.1) is 0 Å². The van der Waals surface area contributed by atoms with E-state index >= 15 is 0 Å². The minimum absolute atomic E-state index is 0.257. The highest BCUT2D eigenvalue weighted by atomic mass is 32.1.